The van der Waals surface area contributed by atoms with Crippen LogP contribution in [0.25, 0.3) is 0 Å². The van der Waals surface area contributed by atoms with Crippen molar-refractivity contribution in [2.24, 2.45) is 0 Å². The van der Waals surface area contributed by atoms with E-state index in [1.54, 1.807) is 41.4 Å². The topological polar surface area (TPSA) is 87.2 Å². The molecule has 0 spiro atoms. The van der Waals surface area contributed by atoms with Gasteiger partial charge in [0.15, 0.2) is 0 Å². The van der Waals surface area contributed by atoms with Gasteiger partial charge in [-0.25, -0.2) is 9.97 Å². The van der Waals surface area contributed by atoms with Gasteiger partial charge in [-0.15, -0.1) is 0 Å². The molecule has 2 rings (SSSR count). The zero-order chi connectivity index (χ0) is 17.5. The molecule has 1 aromatic heterocycles. The van der Waals surface area contributed by atoms with Gasteiger partial charge >= 0.3 is 0 Å². The first-order valence-corrected chi connectivity index (χ1v) is 7.80. The number of amides is 2. The summed E-state index contributed by atoms with van der Waals surface area (Å²) < 4.78 is 0. The van der Waals surface area contributed by atoms with E-state index in [0.29, 0.717) is 30.4 Å². The molecule has 0 bridgehead atoms. The third kappa shape index (κ3) is 4.52. The van der Waals surface area contributed by atoms with Crippen LogP contribution in [0.15, 0.2) is 36.5 Å². The first-order chi connectivity index (χ1) is 11.5. The van der Waals surface area contributed by atoms with Crippen molar-refractivity contribution in [1.82, 2.24) is 14.9 Å². The second-order valence-electron chi connectivity index (χ2n) is 5.13. The quantitative estimate of drug-likeness (QED) is 0.852. The Morgan fingerprint density at radius 2 is 1.67 bits per heavy atom. The fourth-order valence-electron chi connectivity index (χ4n) is 2.18. The number of carbonyl (C=O) groups excluding carboxylic acids is 2. The van der Waals surface area contributed by atoms with Crippen LogP contribution >= 0.6 is 0 Å². The highest BCUT2D eigenvalue weighted by atomic mass is 16.2. The van der Waals surface area contributed by atoms with Crippen LogP contribution in [0.3, 0.4) is 0 Å². The van der Waals surface area contributed by atoms with Crippen molar-refractivity contribution in [3.8, 4) is 0 Å². The predicted molar refractivity (Wildman–Crippen MR) is 93.3 cm³/mol. The molecule has 2 amide bonds. The second-order valence-corrected chi connectivity index (χ2v) is 5.13. The highest BCUT2D eigenvalue weighted by Crippen LogP contribution is 2.17. The van der Waals surface area contributed by atoms with Gasteiger partial charge in [0.1, 0.15) is 5.69 Å². The van der Waals surface area contributed by atoms with E-state index in [1.165, 1.54) is 6.92 Å². The molecule has 0 aliphatic rings. The predicted octanol–water partition coefficient (Wildman–Crippen LogP) is 2.66. The van der Waals surface area contributed by atoms with E-state index < -0.39 is 0 Å². The van der Waals surface area contributed by atoms with Gasteiger partial charge in [-0.3, -0.25) is 9.59 Å². The van der Waals surface area contributed by atoms with Crippen LogP contribution in [-0.2, 0) is 4.79 Å². The summed E-state index contributed by atoms with van der Waals surface area (Å²) in [6, 6.07) is 8.75. The van der Waals surface area contributed by atoms with E-state index in [9.17, 15) is 9.59 Å². The molecule has 0 unspecified atom stereocenters. The van der Waals surface area contributed by atoms with Crippen LogP contribution in [0, 0.1) is 0 Å². The molecule has 2 N–H and O–H groups in total. The van der Waals surface area contributed by atoms with Crippen LogP contribution in [0.2, 0.25) is 0 Å². The first kappa shape index (κ1) is 17.4. The molecule has 2 aromatic rings. The average Bonchev–Trinajstić information content (AvgIpc) is 2.57. The Balaban J connectivity index is 2.11. The summed E-state index contributed by atoms with van der Waals surface area (Å²) in [7, 11) is 0. The molecule has 1 heterocycles. The van der Waals surface area contributed by atoms with Crippen LogP contribution in [0.5, 0.6) is 0 Å². The molecule has 7 heteroatoms. The summed E-state index contributed by atoms with van der Waals surface area (Å²) in [6.07, 6.45) is 1.55. The molecule has 24 heavy (non-hydrogen) atoms. The largest absolute Gasteiger partial charge is 0.338 e. The molecule has 126 valence electrons. The molecule has 0 aliphatic heterocycles. The first-order valence-electron chi connectivity index (χ1n) is 7.80. The van der Waals surface area contributed by atoms with E-state index in [0.717, 1.165) is 5.69 Å². The lowest BCUT2D eigenvalue weighted by atomic mass is 10.3. The fourth-order valence-corrected chi connectivity index (χ4v) is 2.18. The summed E-state index contributed by atoms with van der Waals surface area (Å²) in [6.45, 7) is 6.58. The molecule has 0 saturated carbocycles. The number of hydrogen-bond donors (Lipinski definition) is 2. The van der Waals surface area contributed by atoms with E-state index in [1.807, 2.05) is 13.8 Å². The van der Waals surface area contributed by atoms with Gasteiger partial charge in [0, 0.05) is 37.6 Å². The molecule has 0 saturated heterocycles. The summed E-state index contributed by atoms with van der Waals surface area (Å²) in [5.74, 6) is 0.105. The van der Waals surface area contributed by atoms with Crippen molar-refractivity contribution < 1.29 is 9.59 Å². The second kappa shape index (κ2) is 8.05. The number of carbonyl (C=O) groups is 2. The minimum atomic E-state index is -0.123. The van der Waals surface area contributed by atoms with Gasteiger partial charge in [-0.2, -0.15) is 0 Å². The van der Waals surface area contributed by atoms with Crippen LogP contribution < -0.4 is 10.6 Å². The highest BCUT2D eigenvalue weighted by molar-refractivity contribution is 5.92. The summed E-state index contributed by atoms with van der Waals surface area (Å²) >= 11 is 0. The van der Waals surface area contributed by atoms with Crippen molar-refractivity contribution in [3.05, 3.63) is 42.2 Å². The van der Waals surface area contributed by atoms with Crippen molar-refractivity contribution in [2.75, 3.05) is 23.7 Å². The molecular formula is C17H21N5O2. The number of nitrogens with zero attached hydrogens (tertiary/aromatic N) is 3. The molecule has 1 aromatic carbocycles. The van der Waals surface area contributed by atoms with Gasteiger partial charge in [0.05, 0.1) is 0 Å². The molecule has 0 radical (unpaired) electrons. The van der Waals surface area contributed by atoms with Gasteiger partial charge in [-0.1, -0.05) is 0 Å². The maximum absolute atomic E-state index is 12.3. The van der Waals surface area contributed by atoms with Crippen LogP contribution in [-0.4, -0.2) is 39.8 Å². The Bertz CT molecular complexity index is 711. The number of nitrogens with one attached hydrogen (secondary N) is 2. The molecule has 0 atom stereocenters. The van der Waals surface area contributed by atoms with Gasteiger partial charge in [-0.05, 0) is 44.2 Å². The van der Waals surface area contributed by atoms with E-state index in [4.69, 9.17) is 0 Å². The number of rotatable bonds is 6. The molecule has 0 aliphatic carbocycles. The fraction of sp³-hybridized carbons (Fsp3) is 0.294. The lowest BCUT2D eigenvalue weighted by molar-refractivity contribution is -0.114. The third-order valence-electron chi connectivity index (χ3n) is 3.39. The smallest absolute Gasteiger partial charge is 0.272 e. The lowest BCUT2D eigenvalue weighted by Gasteiger charge is -2.18. The maximum atomic E-state index is 12.3. The molecule has 0 fully saturated rings. The van der Waals surface area contributed by atoms with E-state index >= 15 is 0 Å². The third-order valence-corrected chi connectivity index (χ3v) is 3.39. The van der Waals surface area contributed by atoms with Gasteiger partial charge < -0.3 is 15.5 Å². The number of anilines is 3. The average molecular weight is 327 g/mol. The molecule has 7 nitrogen and oxygen atoms in total. The highest BCUT2D eigenvalue weighted by Gasteiger charge is 2.14. The molecular weight excluding hydrogens is 306 g/mol. The van der Waals surface area contributed by atoms with Crippen molar-refractivity contribution in [2.45, 2.75) is 20.8 Å². The number of hydrogen-bond acceptors (Lipinski definition) is 5. The Labute approximate surface area is 141 Å². The summed E-state index contributed by atoms with van der Waals surface area (Å²) in [5.41, 5.74) is 1.82. The Kier molecular flexibility index (Phi) is 5.83. The Hall–Kier alpha value is -2.96. The Morgan fingerprint density at radius 1 is 1.04 bits per heavy atom. The van der Waals surface area contributed by atoms with Crippen molar-refractivity contribution in [1.29, 1.82) is 0 Å². The number of aromatic nitrogens is 2. The standard InChI is InChI=1S/C17H21N5O2/c1-4-22(5-2)16(24)15-10-11-18-17(21-15)20-14-8-6-13(7-9-14)19-12(3)23/h6-11H,4-5H2,1-3H3,(H,19,23)(H,18,20,21). The normalized spacial score (nSPS) is 10.1. The van der Waals surface area contributed by atoms with Crippen molar-refractivity contribution >= 4 is 29.1 Å². The van der Waals surface area contributed by atoms with Crippen LogP contribution in [0.4, 0.5) is 17.3 Å². The maximum Gasteiger partial charge on any atom is 0.272 e. The van der Waals surface area contributed by atoms with E-state index in [-0.39, 0.29) is 11.8 Å². The van der Waals surface area contributed by atoms with Crippen LogP contribution in [0.1, 0.15) is 31.3 Å². The summed E-state index contributed by atoms with van der Waals surface area (Å²) in [4.78, 5) is 33.5. The van der Waals surface area contributed by atoms with Gasteiger partial charge in [0.25, 0.3) is 5.91 Å². The summed E-state index contributed by atoms with van der Waals surface area (Å²) in [5, 5.41) is 5.75. The SMILES string of the molecule is CCN(CC)C(=O)c1ccnc(Nc2ccc(NC(C)=O)cc2)n1. The minimum absolute atomic E-state index is 0.119. The zero-order valence-corrected chi connectivity index (χ0v) is 14.0. The Morgan fingerprint density at radius 3 is 2.25 bits per heavy atom. The minimum Gasteiger partial charge on any atom is -0.338 e. The monoisotopic (exact) mass is 327 g/mol. The number of benzene rings is 1. The van der Waals surface area contributed by atoms with Crippen molar-refractivity contribution in [3.63, 3.8) is 0 Å². The van der Waals surface area contributed by atoms with E-state index in [2.05, 4.69) is 20.6 Å². The van der Waals surface area contributed by atoms with Gasteiger partial charge in [0.2, 0.25) is 11.9 Å². The lowest BCUT2D eigenvalue weighted by Crippen LogP contribution is -2.31. The zero-order valence-electron chi connectivity index (χ0n) is 14.0.